The minimum absolute atomic E-state index is 0.183. The van der Waals surface area contributed by atoms with Gasteiger partial charge in [0.05, 0.1) is 29.2 Å². The Morgan fingerprint density at radius 2 is 1.52 bits per heavy atom. The van der Waals surface area contributed by atoms with E-state index < -0.39 is 10.0 Å². The van der Waals surface area contributed by atoms with Crippen LogP contribution >= 0.6 is 23.2 Å². The van der Waals surface area contributed by atoms with Crippen LogP contribution in [0.2, 0.25) is 10.0 Å². The number of rotatable bonds is 5. The molecule has 0 N–H and O–H groups in total. The molecule has 0 saturated carbocycles. The molecular weight excluding hydrogens is 411 g/mol. The van der Waals surface area contributed by atoms with Gasteiger partial charge in [-0.15, -0.1) is 0 Å². The van der Waals surface area contributed by atoms with Gasteiger partial charge in [-0.2, -0.15) is 4.31 Å². The first kappa shape index (κ1) is 20.1. The van der Waals surface area contributed by atoms with Gasteiger partial charge in [0.25, 0.3) is 0 Å². The van der Waals surface area contributed by atoms with E-state index in [9.17, 15) is 8.42 Å². The lowest BCUT2D eigenvalue weighted by Crippen LogP contribution is -2.48. The first-order valence-electron chi connectivity index (χ1n) is 8.29. The Balaban J connectivity index is 1.75. The first-order valence-corrected chi connectivity index (χ1v) is 10.5. The highest BCUT2D eigenvalue weighted by Gasteiger charge is 2.29. The lowest BCUT2D eigenvalue weighted by atomic mass is 10.2. The van der Waals surface area contributed by atoms with Gasteiger partial charge in [-0.3, -0.25) is 0 Å². The molecule has 0 aromatic heterocycles. The summed E-state index contributed by atoms with van der Waals surface area (Å²) in [5.41, 5.74) is 0.924. The van der Waals surface area contributed by atoms with Crippen molar-refractivity contribution in [1.29, 1.82) is 0 Å². The molecule has 0 unspecified atom stereocenters. The number of hydrogen-bond donors (Lipinski definition) is 0. The number of halogens is 2. The molecule has 0 aliphatic carbocycles. The van der Waals surface area contributed by atoms with E-state index in [2.05, 4.69) is 4.90 Å². The number of ether oxygens (including phenoxy) is 2. The summed E-state index contributed by atoms with van der Waals surface area (Å²) in [5.74, 6) is 0.869. The predicted molar refractivity (Wildman–Crippen MR) is 107 cm³/mol. The van der Waals surface area contributed by atoms with Gasteiger partial charge < -0.3 is 14.4 Å². The maximum absolute atomic E-state index is 13.0. The molecule has 0 radical (unpaired) electrons. The van der Waals surface area contributed by atoms with Crippen LogP contribution < -0.4 is 14.4 Å². The molecule has 1 aliphatic rings. The molecule has 1 aliphatic heterocycles. The molecule has 0 amide bonds. The maximum Gasteiger partial charge on any atom is 0.243 e. The number of nitrogens with zero attached hydrogens (tertiary/aromatic N) is 2. The van der Waals surface area contributed by atoms with Gasteiger partial charge in [0.2, 0.25) is 10.0 Å². The molecule has 146 valence electrons. The zero-order valence-electron chi connectivity index (χ0n) is 15.0. The van der Waals surface area contributed by atoms with Crippen molar-refractivity contribution in [3.8, 4) is 11.5 Å². The SMILES string of the molecule is COc1ccc(S(=O)(=O)N2CCN(c3ccc(Cl)c(Cl)c3)CC2)cc1OC. The lowest BCUT2D eigenvalue weighted by molar-refractivity contribution is 0.353. The van der Waals surface area contributed by atoms with E-state index in [1.165, 1.54) is 30.7 Å². The van der Waals surface area contributed by atoms with Crippen LogP contribution in [0.4, 0.5) is 5.69 Å². The summed E-state index contributed by atoms with van der Waals surface area (Å²) in [7, 11) is -0.632. The molecule has 0 bridgehead atoms. The summed E-state index contributed by atoms with van der Waals surface area (Å²) < 4.78 is 37.8. The summed E-state index contributed by atoms with van der Waals surface area (Å²) in [6, 6.07) is 10.0. The van der Waals surface area contributed by atoms with Gasteiger partial charge in [-0.1, -0.05) is 23.2 Å². The Morgan fingerprint density at radius 1 is 0.852 bits per heavy atom. The fraction of sp³-hybridized carbons (Fsp3) is 0.333. The number of methoxy groups -OCH3 is 2. The van der Waals surface area contributed by atoms with Crippen molar-refractivity contribution in [3.63, 3.8) is 0 Å². The van der Waals surface area contributed by atoms with Gasteiger partial charge in [0, 0.05) is 37.9 Å². The van der Waals surface area contributed by atoms with Crippen molar-refractivity contribution >= 4 is 38.9 Å². The summed E-state index contributed by atoms with van der Waals surface area (Å²) >= 11 is 12.0. The van der Waals surface area contributed by atoms with E-state index in [1.54, 1.807) is 18.2 Å². The third kappa shape index (κ3) is 4.11. The Morgan fingerprint density at radius 3 is 2.11 bits per heavy atom. The predicted octanol–water partition coefficient (Wildman–Crippen LogP) is 3.52. The summed E-state index contributed by atoms with van der Waals surface area (Å²) in [6.45, 7) is 1.86. The van der Waals surface area contributed by atoms with E-state index in [-0.39, 0.29) is 4.90 Å². The van der Waals surface area contributed by atoms with Crippen LogP contribution in [0.25, 0.3) is 0 Å². The molecular formula is C18H20Cl2N2O4S. The zero-order chi connectivity index (χ0) is 19.6. The van der Waals surface area contributed by atoms with Crippen molar-refractivity contribution in [2.45, 2.75) is 4.90 Å². The Hall–Kier alpha value is -1.67. The van der Waals surface area contributed by atoms with Crippen molar-refractivity contribution in [1.82, 2.24) is 4.31 Å². The largest absolute Gasteiger partial charge is 0.493 e. The zero-order valence-corrected chi connectivity index (χ0v) is 17.3. The molecule has 2 aromatic carbocycles. The molecule has 6 nitrogen and oxygen atoms in total. The molecule has 1 heterocycles. The van der Waals surface area contributed by atoms with Gasteiger partial charge in [0.1, 0.15) is 0 Å². The second kappa shape index (κ2) is 8.14. The first-order chi connectivity index (χ1) is 12.9. The van der Waals surface area contributed by atoms with Crippen molar-refractivity contribution in [2.24, 2.45) is 0 Å². The summed E-state index contributed by atoms with van der Waals surface area (Å²) in [4.78, 5) is 2.27. The van der Waals surface area contributed by atoms with Gasteiger partial charge in [-0.05, 0) is 30.3 Å². The monoisotopic (exact) mass is 430 g/mol. The standard InChI is InChI=1S/C18H20Cl2N2O4S/c1-25-17-6-4-14(12-18(17)26-2)27(23,24)22-9-7-21(8-10-22)13-3-5-15(19)16(20)11-13/h3-6,11-12H,7-10H2,1-2H3. The highest BCUT2D eigenvalue weighted by Crippen LogP contribution is 2.32. The highest BCUT2D eigenvalue weighted by molar-refractivity contribution is 7.89. The van der Waals surface area contributed by atoms with Gasteiger partial charge in [-0.25, -0.2) is 8.42 Å². The number of anilines is 1. The third-order valence-corrected chi connectivity index (χ3v) is 7.13. The van der Waals surface area contributed by atoms with E-state index in [0.29, 0.717) is 47.7 Å². The van der Waals surface area contributed by atoms with Gasteiger partial charge >= 0.3 is 0 Å². The quantitative estimate of drug-likeness (QED) is 0.725. The summed E-state index contributed by atoms with van der Waals surface area (Å²) in [5, 5.41) is 0.977. The van der Waals surface area contributed by atoms with Crippen molar-refractivity contribution in [2.75, 3.05) is 45.3 Å². The fourth-order valence-electron chi connectivity index (χ4n) is 2.99. The molecule has 1 saturated heterocycles. The third-order valence-electron chi connectivity index (χ3n) is 4.50. The Kier molecular flexibility index (Phi) is 6.05. The number of hydrogen-bond acceptors (Lipinski definition) is 5. The van der Waals surface area contributed by atoms with Crippen molar-refractivity contribution < 1.29 is 17.9 Å². The van der Waals surface area contributed by atoms with E-state index >= 15 is 0 Å². The Bertz CT molecular complexity index is 929. The van der Waals surface area contributed by atoms with Crippen LogP contribution in [0.1, 0.15) is 0 Å². The molecule has 0 spiro atoms. The molecule has 27 heavy (non-hydrogen) atoms. The van der Waals surface area contributed by atoms with Crippen LogP contribution in [0.15, 0.2) is 41.3 Å². The van der Waals surface area contributed by atoms with Crippen molar-refractivity contribution in [3.05, 3.63) is 46.4 Å². The van der Waals surface area contributed by atoms with Crippen LogP contribution in [0.3, 0.4) is 0 Å². The molecule has 1 fully saturated rings. The van der Waals surface area contributed by atoms with E-state index in [1.807, 2.05) is 6.07 Å². The second-order valence-electron chi connectivity index (χ2n) is 6.01. The maximum atomic E-state index is 13.0. The normalized spacial score (nSPS) is 15.6. The average molecular weight is 431 g/mol. The molecule has 2 aromatic rings. The van der Waals surface area contributed by atoms with Crippen LogP contribution in [0, 0.1) is 0 Å². The van der Waals surface area contributed by atoms with Crippen LogP contribution in [0.5, 0.6) is 11.5 Å². The minimum Gasteiger partial charge on any atom is -0.493 e. The lowest BCUT2D eigenvalue weighted by Gasteiger charge is -2.35. The number of benzene rings is 2. The molecule has 9 heteroatoms. The fourth-order valence-corrected chi connectivity index (χ4v) is 4.72. The smallest absolute Gasteiger partial charge is 0.243 e. The number of sulfonamides is 1. The average Bonchev–Trinajstić information content (AvgIpc) is 2.69. The topological polar surface area (TPSA) is 59.1 Å². The highest BCUT2D eigenvalue weighted by atomic mass is 35.5. The van der Waals surface area contributed by atoms with Crippen LogP contribution in [-0.2, 0) is 10.0 Å². The second-order valence-corrected chi connectivity index (χ2v) is 8.76. The van der Waals surface area contributed by atoms with E-state index in [0.717, 1.165) is 5.69 Å². The minimum atomic E-state index is -3.62. The van der Waals surface area contributed by atoms with E-state index in [4.69, 9.17) is 32.7 Å². The Labute approximate surface area is 169 Å². The number of piperazine rings is 1. The van der Waals surface area contributed by atoms with Crippen LogP contribution in [-0.4, -0.2) is 53.1 Å². The summed E-state index contributed by atoms with van der Waals surface area (Å²) in [6.07, 6.45) is 0. The molecule has 0 atom stereocenters. The molecule has 3 rings (SSSR count). The van der Waals surface area contributed by atoms with Gasteiger partial charge in [0.15, 0.2) is 11.5 Å².